The number of amides is 2. The fourth-order valence-corrected chi connectivity index (χ4v) is 2.22. The van der Waals surface area contributed by atoms with Crippen molar-refractivity contribution in [3.63, 3.8) is 0 Å². The molecule has 0 aliphatic rings. The standard InChI is InChI=1S/C11H13N5O3S/c1-16-5-3-8(15-16)14-11(19)12-4-2-9-13-7(6-20-9)10(17)18/h3,5-6H,2,4H2,1H3,(H,17,18)(H2,12,14,15,19). The zero-order chi connectivity index (χ0) is 14.5. The average Bonchev–Trinajstić information content (AvgIpc) is 2.99. The highest BCUT2D eigenvalue weighted by Gasteiger charge is 2.09. The smallest absolute Gasteiger partial charge is 0.355 e. The first-order chi connectivity index (χ1) is 9.54. The van der Waals surface area contributed by atoms with Crippen LogP contribution >= 0.6 is 11.3 Å². The summed E-state index contributed by atoms with van der Waals surface area (Å²) < 4.78 is 1.58. The van der Waals surface area contributed by atoms with Gasteiger partial charge in [-0.25, -0.2) is 14.6 Å². The molecule has 2 aromatic rings. The van der Waals surface area contributed by atoms with E-state index >= 15 is 0 Å². The Bertz CT molecular complexity index is 621. The Kier molecular flexibility index (Phi) is 4.31. The van der Waals surface area contributed by atoms with Crippen molar-refractivity contribution in [3.8, 4) is 0 Å². The Hall–Kier alpha value is -2.42. The highest BCUT2D eigenvalue weighted by molar-refractivity contribution is 7.09. The van der Waals surface area contributed by atoms with Gasteiger partial charge < -0.3 is 10.4 Å². The third-order valence-corrected chi connectivity index (χ3v) is 3.26. The molecule has 20 heavy (non-hydrogen) atoms. The molecule has 8 nitrogen and oxygen atoms in total. The topological polar surface area (TPSA) is 109 Å². The van der Waals surface area contributed by atoms with E-state index in [0.717, 1.165) is 0 Å². The van der Waals surface area contributed by atoms with Crippen LogP contribution in [0.1, 0.15) is 15.5 Å². The molecule has 0 aromatic carbocycles. The van der Waals surface area contributed by atoms with Crippen LogP contribution in [0.25, 0.3) is 0 Å². The van der Waals surface area contributed by atoms with Crippen LogP contribution in [-0.2, 0) is 13.5 Å². The maximum absolute atomic E-state index is 11.5. The molecule has 0 radical (unpaired) electrons. The molecule has 0 fully saturated rings. The van der Waals surface area contributed by atoms with E-state index in [2.05, 4.69) is 20.7 Å². The molecule has 9 heteroatoms. The summed E-state index contributed by atoms with van der Waals surface area (Å²) in [5, 5.41) is 20.1. The largest absolute Gasteiger partial charge is 0.476 e. The molecule has 0 saturated heterocycles. The van der Waals surface area contributed by atoms with Gasteiger partial charge in [-0.1, -0.05) is 0 Å². The van der Waals surface area contributed by atoms with Crippen LogP contribution < -0.4 is 10.6 Å². The maximum atomic E-state index is 11.5. The van der Waals surface area contributed by atoms with Crippen molar-refractivity contribution >= 4 is 29.2 Å². The first-order valence-corrected chi connectivity index (χ1v) is 6.65. The normalized spacial score (nSPS) is 10.2. The maximum Gasteiger partial charge on any atom is 0.355 e. The molecule has 0 bridgehead atoms. The molecule has 2 heterocycles. The molecular formula is C11H13N5O3S. The van der Waals surface area contributed by atoms with Crippen LogP contribution in [0.4, 0.5) is 10.6 Å². The van der Waals surface area contributed by atoms with E-state index < -0.39 is 5.97 Å². The first-order valence-electron chi connectivity index (χ1n) is 5.77. The molecular weight excluding hydrogens is 282 g/mol. The zero-order valence-electron chi connectivity index (χ0n) is 10.7. The molecule has 0 saturated carbocycles. The van der Waals surface area contributed by atoms with E-state index in [1.165, 1.54) is 16.7 Å². The van der Waals surface area contributed by atoms with Crippen LogP contribution in [0.2, 0.25) is 0 Å². The summed E-state index contributed by atoms with van der Waals surface area (Å²) in [5.41, 5.74) is 0.0305. The number of carboxylic acids is 1. The second-order valence-electron chi connectivity index (χ2n) is 3.94. The van der Waals surface area contributed by atoms with Gasteiger partial charge in [0.05, 0.1) is 5.01 Å². The summed E-state index contributed by atoms with van der Waals surface area (Å²) in [6, 6.07) is 1.32. The van der Waals surface area contributed by atoms with E-state index in [9.17, 15) is 9.59 Å². The molecule has 2 aromatic heterocycles. The number of rotatable bonds is 5. The van der Waals surface area contributed by atoms with Gasteiger partial charge in [0.2, 0.25) is 0 Å². The second-order valence-corrected chi connectivity index (χ2v) is 4.88. The van der Waals surface area contributed by atoms with Gasteiger partial charge in [-0.05, 0) is 0 Å². The molecule has 0 aliphatic heterocycles. The Labute approximate surface area is 118 Å². The minimum Gasteiger partial charge on any atom is -0.476 e. The lowest BCUT2D eigenvalue weighted by molar-refractivity contribution is 0.0691. The first kappa shape index (κ1) is 14.0. The van der Waals surface area contributed by atoms with Gasteiger partial charge >= 0.3 is 12.0 Å². The van der Waals surface area contributed by atoms with E-state index in [0.29, 0.717) is 23.8 Å². The van der Waals surface area contributed by atoms with Crippen molar-refractivity contribution in [2.45, 2.75) is 6.42 Å². The van der Waals surface area contributed by atoms with Gasteiger partial charge in [0.15, 0.2) is 11.5 Å². The van der Waals surface area contributed by atoms with Crippen LogP contribution in [0.15, 0.2) is 17.6 Å². The minimum absolute atomic E-state index is 0.0305. The molecule has 3 N–H and O–H groups in total. The number of aryl methyl sites for hydroxylation is 1. The molecule has 0 unspecified atom stereocenters. The number of urea groups is 1. The number of anilines is 1. The quantitative estimate of drug-likeness (QED) is 0.760. The van der Waals surface area contributed by atoms with Gasteiger partial charge in [-0.2, -0.15) is 5.10 Å². The highest BCUT2D eigenvalue weighted by atomic mass is 32.1. The number of carbonyl (C=O) groups excluding carboxylic acids is 1. The Morgan fingerprint density at radius 3 is 2.90 bits per heavy atom. The number of hydrogen-bond donors (Lipinski definition) is 3. The summed E-state index contributed by atoms with van der Waals surface area (Å²) in [6.45, 7) is 0.366. The summed E-state index contributed by atoms with van der Waals surface area (Å²) in [4.78, 5) is 26.1. The molecule has 0 aliphatic carbocycles. The van der Waals surface area contributed by atoms with E-state index in [1.54, 1.807) is 24.0 Å². The number of carbonyl (C=O) groups is 2. The van der Waals surface area contributed by atoms with Crippen molar-refractivity contribution in [2.75, 3.05) is 11.9 Å². The predicted molar refractivity (Wildman–Crippen MR) is 73.0 cm³/mol. The molecule has 106 valence electrons. The highest BCUT2D eigenvalue weighted by Crippen LogP contribution is 2.09. The minimum atomic E-state index is -1.05. The van der Waals surface area contributed by atoms with Crippen molar-refractivity contribution in [2.24, 2.45) is 7.05 Å². The monoisotopic (exact) mass is 295 g/mol. The molecule has 0 spiro atoms. The summed E-state index contributed by atoms with van der Waals surface area (Å²) >= 11 is 1.26. The van der Waals surface area contributed by atoms with Crippen molar-refractivity contribution in [1.82, 2.24) is 20.1 Å². The van der Waals surface area contributed by atoms with Crippen molar-refractivity contribution in [3.05, 3.63) is 28.3 Å². The molecule has 2 rings (SSSR count). The fraction of sp³-hybridized carbons (Fsp3) is 0.273. The van der Waals surface area contributed by atoms with Gasteiger partial charge in [0.1, 0.15) is 0 Å². The van der Waals surface area contributed by atoms with E-state index in [4.69, 9.17) is 5.11 Å². The van der Waals surface area contributed by atoms with Crippen LogP contribution in [0, 0.1) is 0 Å². The number of carboxylic acid groups (broad SMARTS) is 1. The Morgan fingerprint density at radius 2 is 2.30 bits per heavy atom. The second kappa shape index (κ2) is 6.15. The third-order valence-electron chi connectivity index (χ3n) is 2.35. The van der Waals surface area contributed by atoms with Crippen LogP contribution in [0.3, 0.4) is 0 Å². The third kappa shape index (κ3) is 3.79. The lowest BCUT2D eigenvalue weighted by atomic mass is 10.4. The van der Waals surface area contributed by atoms with Crippen LogP contribution in [0.5, 0.6) is 0 Å². The number of hydrogen-bond acceptors (Lipinski definition) is 5. The number of nitrogens with zero attached hydrogens (tertiary/aromatic N) is 3. The van der Waals surface area contributed by atoms with E-state index in [-0.39, 0.29) is 11.7 Å². The summed E-state index contributed by atoms with van der Waals surface area (Å²) in [5.74, 6) is -0.583. The Balaban J connectivity index is 1.74. The van der Waals surface area contributed by atoms with Crippen molar-refractivity contribution < 1.29 is 14.7 Å². The SMILES string of the molecule is Cn1ccc(NC(=O)NCCc2nc(C(=O)O)cs2)n1. The zero-order valence-corrected chi connectivity index (χ0v) is 11.5. The van der Waals surface area contributed by atoms with Crippen LogP contribution in [-0.4, -0.2) is 38.4 Å². The Morgan fingerprint density at radius 1 is 1.50 bits per heavy atom. The fourth-order valence-electron chi connectivity index (χ4n) is 1.45. The number of thiazole rings is 1. The lowest BCUT2D eigenvalue weighted by Gasteiger charge is -2.03. The predicted octanol–water partition coefficient (Wildman–Crippen LogP) is 0.939. The molecule has 2 amide bonds. The lowest BCUT2D eigenvalue weighted by Crippen LogP contribution is -2.30. The van der Waals surface area contributed by atoms with Gasteiger partial charge in [0.25, 0.3) is 0 Å². The van der Waals surface area contributed by atoms with E-state index in [1.807, 2.05) is 0 Å². The number of aromatic carboxylic acids is 1. The average molecular weight is 295 g/mol. The number of aromatic nitrogens is 3. The van der Waals surface area contributed by atoms with Gasteiger partial charge in [-0.15, -0.1) is 11.3 Å². The van der Waals surface area contributed by atoms with Crippen molar-refractivity contribution in [1.29, 1.82) is 0 Å². The summed E-state index contributed by atoms with van der Waals surface area (Å²) in [6.07, 6.45) is 2.20. The van der Waals surface area contributed by atoms with Gasteiger partial charge in [0, 0.05) is 37.7 Å². The summed E-state index contributed by atoms with van der Waals surface area (Å²) in [7, 11) is 1.76. The molecule has 0 atom stereocenters. The van der Waals surface area contributed by atoms with Gasteiger partial charge in [-0.3, -0.25) is 10.00 Å². The number of nitrogens with one attached hydrogen (secondary N) is 2.